The monoisotopic (exact) mass is 657 g/mol. The topological polar surface area (TPSA) is 139 Å². The summed E-state index contributed by atoms with van der Waals surface area (Å²) >= 11 is 0. The molecule has 0 spiro atoms. The molecule has 0 fully saturated rings. The summed E-state index contributed by atoms with van der Waals surface area (Å²) in [6.07, 6.45) is 0.233. The van der Waals surface area contributed by atoms with Crippen molar-refractivity contribution in [3.63, 3.8) is 0 Å². The zero-order valence-electron chi connectivity index (χ0n) is 27.2. The normalized spacial score (nSPS) is 13.5. The fraction of sp³-hybridized carbons (Fsp3) is 0.324. The SMILES string of the molecule is Cc1ccc(S(=O)(=O)n2ccc3c(C(C)(NC(=O)O)c4nc5cc(C#N)ccc5n4COCC[Si](C)(C)C)c(C)cc(C)c32)cc1. The number of aryl methyl sites for hydroxylation is 3. The van der Waals surface area contributed by atoms with Crippen molar-refractivity contribution in [2.24, 2.45) is 0 Å². The molecule has 1 unspecified atom stereocenters. The van der Waals surface area contributed by atoms with E-state index in [4.69, 9.17) is 9.72 Å². The van der Waals surface area contributed by atoms with E-state index < -0.39 is 29.7 Å². The van der Waals surface area contributed by atoms with Gasteiger partial charge < -0.3 is 19.7 Å². The molecule has 2 N–H and O–H groups in total. The Labute approximate surface area is 270 Å². The molecule has 2 heterocycles. The molecule has 3 aromatic carbocycles. The highest BCUT2D eigenvalue weighted by molar-refractivity contribution is 7.90. The van der Waals surface area contributed by atoms with Crippen LogP contribution in [0, 0.1) is 32.1 Å². The molecule has 2 aromatic heterocycles. The Morgan fingerprint density at radius 2 is 1.76 bits per heavy atom. The lowest BCUT2D eigenvalue weighted by molar-refractivity contribution is 0.0849. The van der Waals surface area contributed by atoms with Crippen molar-refractivity contribution in [3.05, 3.63) is 94.4 Å². The van der Waals surface area contributed by atoms with Gasteiger partial charge >= 0.3 is 6.09 Å². The highest BCUT2D eigenvalue weighted by Gasteiger charge is 2.40. The first-order valence-corrected chi connectivity index (χ1v) is 20.2. The fourth-order valence-corrected chi connectivity index (χ4v) is 8.23. The van der Waals surface area contributed by atoms with Crippen molar-refractivity contribution >= 4 is 46.1 Å². The Bertz CT molecular complexity index is 2120. The Morgan fingerprint density at radius 3 is 2.39 bits per heavy atom. The molecule has 0 saturated carbocycles. The minimum atomic E-state index is -3.98. The first-order chi connectivity index (χ1) is 21.6. The molecule has 0 aliphatic heterocycles. The van der Waals surface area contributed by atoms with E-state index in [1.165, 1.54) is 10.2 Å². The van der Waals surface area contributed by atoms with E-state index in [0.717, 1.165) is 22.7 Å². The van der Waals surface area contributed by atoms with Gasteiger partial charge in [0.1, 0.15) is 18.1 Å². The lowest BCUT2D eigenvalue weighted by Gasteiger charge is -2.33. The maximum Gasteiger partial charge on any atom is 0.405 e. The number of ether oxygens (including phenoxy) is 1. The van der Waals surface area contributed by atoms with Crippen LogP contribution < -0.4 is 5.32 Å². The molecule has 1 amide bonds. The highest BCUT2D eigenvalue weighted by Crippen LogP contribution is 2.40. The number of nitriles is 1. The number of hydrogen-bond acceptors (Lipinski definition) is 6. The molecule has 1 atom stereocenters. The zero-order valence-corrected chi connectivity index (χ0v) is 29.0. The van der Waals surface area contributed by atoms with Crippen molar-refractivity contribution in [1.82, 2.24) is 18.8 Å². The number of benzene rings is 3. The Balaban J connectivity index is 1.76. The summed E-state index contributed by atoms with van der Waals surface area (Å²) in [5.41, 5.74) is 3.57. The molecule has 5 aromatic rings. The second-order valence-corrected chi connectivity index (χ2v) is 20.6. The number of rotatable bonds is 10. The van der Waals surface area contributed by atoms with Crippen LogP contribution in [0.4, 0.5) is 4.79 Å². The van der Waals surface area contributed by atoms with Crippen molar-refractivity contribution < 1.29 is 23.1 Å². The van der Waals surface area contributed by atoms with Crippen LogP contribution in [0.2, 0.25) is 25.7 Å². The number of imidazole rings is 1. The second-order valence-electron chi connectivity index (χ2n) is 13.2. The molecule has 46 heavy (non-hydrogen) atoms. The molecular formula is C34H39N5O5SSi. The minimum absolute atomic E-state index is 0.107. The Kier molecular flexibility index (Phi) is 8.63. The van der Waals surface area contributed by atoms with Crippen molar-refractivity contribution in [3.8, 4) is 6.07 Å². The highest BCUT2D eigenvalue weighted by atomic mass is 32.2. The molecule has 0 radical (unpaired) electrons. The summed E-state index contributed by atoms with van der Waals surface area (Å²) in [5.74, 6) is 0.357. The van der Waals surface area contributed by atoms with E-state index in [1.54, 1.807) is 55.5 Å². The lowest BCUT2D eigenvalue weighted by atomic mass is 9.84. The summed E-state index contributed by atoms with van der Waals surface area (Å²) in [5, 5.41) is 23.1. The van der Waals surface area contributed by atoms with Gasteiger partial charge in [0.25, 0.3) is 10.0 Å². The summed E-state index contributed by atoms with van der Waals surface area (Å²) in [6, 6.07) is 18.5. The van der Waals surface area contributed by atoms with E-state index in [0.29, 0.717) is 45.5 Å². The molecule has 0 aliphatic carbocycles. The molecule has 0 saturated heterocycles. The fourth-order valence-electron chi connectivity index (χ4n) is 6.06. The van der Waals surface area contributed by atoms with Gasteiger partial charge in [0.05, 0.1) is 33.1 Å². The Hall–Kier alpha value is -4.44. The molecule has 5 rings (SSSR count). The average molecular weight is 658 g/mol. The van der Waals surface area contributed by atoms with Gasteiger partial charge in [-0.1, -0.05) is 43.4 Å². The van der Waals surface area contributed by atoms with Crippen LogP contribution in [0.5, 0.6) is 0 Å². The van der Waals surface area contributed by atoms with E-state index in [-0.39, 0.29) is 11.6 Å². The first-order valence-electron chi connectivity index (χ1n) is 15.0. The van der Waals surface area contributed by atoms with Crippen LogP contribution in [0.1, 0.15) is 40.6 Å². The van der Waals surface area contributed by atoms with Crippen LogP contribution >= 0.6 is 0 Å². The number of nitrogens with one attached hydrogen (secondary N) is 1. The lowest BCUT2D eigenvalue weighted by Crippen LogP contribution is -2.46. The number of carbonyl (C=O) groups is 1. The molecular weight excluding hydrogens is 619 g/mol. The smallest absolute Gasteiger partial charge is 0.405 e. The summed E-state index contributed by atoms with van der Waals surface area (Å²) in [6.45, 7) is 14.8. The van der Waals surface area contributed by atoms with Crippen molar-refractivity contribution in [2.45, 2.75) is 70.5 Å². The largest absolute Gasteiger partial charge is 0.465 e. The van der Waals surface area contributed by atoms with Crippen LogP contribution in [0.15, 0.2) is 65.7 Å². The summed E-state index contributed by atoms with van der Waals surface area (Å²) in [7, 11) is -5.36. The molecule has 240 valence electrons. The summed E-state index contributed by atoms with van der Waals surface area (Å²) < 4.78 is 37.1. The van der Waals surface area contributed by atoms with Gasteiger partial charge in [-0.3, -0.25) is 0 Å². The number of aromatic nitrogens is 3. The third-order valence-electron chi connectivity index (χ3n) is 8.30. The zero-order chi connectivity index (χ0) is 33.6. The van der Waals surface area contributed by atoms with Gasteiger partial charge in [0.2, 0.25) is 0 Å². The van der Waals surface area contributed by atoms with E-state index in [2.05, 4.69) is 31.0 Å². The van der Waals surface area contributed by atoms with Crippen LogP contribution in [-0.2, 0) is 27.0 Å². The first kappa shape index (κ1) is 32.9. The van der Waals surface area contributed by atoms with Gasteiger partial charge in [0, 0.05) is 26.3 Å². The Morgan fingerprint density at radius 1 is 1.07 bits per heavy atom. The maximum absolute atomic E-state index is 13.9. The minimum Gasteiger partial charge on any atom is -0.465 e. The van der Waals surface area contributed by atoms with E-state index >= 15 is 0 Å². The number of carboxylic acid groups (broad SMARTS) is 1. The van der Waals surface area contributed by atoms with Crippen LogP contribution in [0.25, 0.3) is 21.9 Å². The van der Waals surface area contributed by atoms with Crippen LogP contribution in [0.3, 0.4) is 0 Å². The molecule has 10 nitrogen and oxygen atoms in total. The predicted molar refractivity (Wildman–Crippen MR) is 181 cm³/mol. The summed E-state index contributed by atoms with van der Waals surface area (Å²) in [4.78, 5) is 17.6. The third-order valence-corrected chi connectivity index (χ3v) is 11.7. The van der Waals surface area contributed by atoms with Crippen molar-refractivity contribution in [2.75, 3.05) is 6.61 Å². The van der Waals surface area contributed by atoms with Gasteiger partial charge in [-0.2, -0.15) is 5.26 Å². The number of fused-ring (bicyclic) bond motifs is 2. The van der Waals surface area contributed by atoms with Crippen molar-refractivity contribution in [1.29, 1.82) is 5.26 Å². The number of amides is 1. The molecule has 0 bridgehead atoms. The molecule has 12 heteroatoms. The van der Waals surface area contributed by atoms with E-state index in [9.17, 15) is 23.6 Å². The van der Waals surface area contributed by atoms with Gasteiger partial charge in [-0.15, -0.1) is 0 Å². The maximum atomic E-state index is 13.9. The van der Waals surface area contributed by atoms with E-state index in [1.807, 2.05) is 31.4 Å². The second kappa shape index (κ2) is 12.1. The molecule has 0 aliphatic rings. The van der Waals surface area contributed by atoms with Crippen LogP contribution in [-0.4, -0.2) is 47.8 Å². The quantitative estimate of drug-likeness (QED) is 0.123. The van der Waals surface area contributed by atoms with Gasteiger partial charge in [0.15, 0.2) is 0 Å². The van der Waals surface area contributed by atoms with Gasteiger partial charge in [-0.25, -0.2) is 22.2 Å². The number of hydrogen-bond donors (Lipinski definition) is 2. The van der Waals surface area contributed by atoms with Gasteiger partial charge in [-0.05, 0) is 86.8 Å². The average Bonchev–Trinajstić information content (AvgIpc) is 3.57. The third kappa shape index (κ3) is 6.05. The predicted octanol–water partition coefficient (Wildman–Crippen LogP) is 6.87. The number of nitrogens with zero attached hydrogens (tertiary/aromatic N) is 4. The standard InChI is InChI=1S/C34H39N5O5SSi/c1-22-8-11-26(12-9-22)45(42,43)39-15-14-27-30(23(2)18-24(3)31(27)39)34(4,37-33(40)41)32-36-28-19-25(20-35)10-13-29(28)38(32)21-44-16-17-46(5,6)7/h8-15,18-19,37H,16-17,21H2,1-7H3,(H,40,41).